The topological polar surface area (TPSA) is 70.7 Å². The number of methoxy groups -OCH3 is 1. The van der Waals surface area contributed by atoms with Gasteiger partial charge >= 0.3 is 6.03 Å². The van der Waals surface area contributed by atoms with E-state index in [4.69, 9.17) is 4.74 Å². The fourth-order valence-corrected chi connectivity index (χ4v) is 3.22. The van der Waals surface area contributed by atoms with Gasteiger partial charge in [0.2, 0.25) is 5.91 Å². The average molecular weight is 361 g/mol. The second-order valence-electron chi connectivity index (χ2n) is 7.33. The van der Waals surface area contributed by atoms with Crippen molar-refractivity contribution in [2.75, 3.05) is 33.4 Å². The largest absolute Gasteiger partial charge is 0.385 e. The lowest BCUT2D eigenvalue weighted by atomic mass is 9.81. The molecule has 1 aliphatic rings. The average Bonchev–Trinajstić information content (AvgIpc) is 2.64. The van der Waals surface area contributed by atoms with Crippen LogP contribution in [-0.2, 0) is 16.1 Å². The van der Waals surface area contributed by atoms with Gasteiger partial charge in [0.05, 0.1) is 5.41 Å². The molecule has 0 bridgehead atoms. The molecule has 1 fully saturated rings. The number of nitrogens with zero attached hydrogens (tertiary/aromatic N) is 1. The minimum absolute atomic E-state index is 0.00922. The summed E-state index contributed by atoms with van der Waals surface area (Å²) in [5.41, 5.74) is 1.73. The number of hydrogen-bond donors (Lipinski definition) is 2. The molecule has 6 heteroatoms. The number of urea groups is 1. The molecule has 1 aromatic carbocycles. The highest BCUT2D eigenvalue weighted by Crippen LogP contribution is 2.29. The first-order valence-corrected chi connectivity index (χ1v) is 9.30. The number of aryl methyl sites for hydroxylation is 1. The van der Waals surface area contributed by atoms with Gasteiger partial charge in [-0.1, -0.05) is 29.8 Å². The Hall–Kier alpha value is -2.08. The third-order valence-electron chi connectivity index (χ3n) is 4.91. The molecule has 0 aliphatic carbocycles. The van der Waals surface area contributed by atoms with E-state index in [0.29, 0.717) is 32.8 Å². The number of hydrogen-bond acceptors (Lipinski definition) is 3. The monoisotopic (exact) mass is 361 g/mol. The smallest absolute Gasteiger partial charge is 0.317 e. The first-order chi connectivity index (χ1) is 12.4. The van der Waals surface area contributed by atoms with Crippen molar-refractivity contribution < 1.29 is 14.3 Å². The van der Waals surface area contributed by atoms with E-state index in [1.807, 2.05) is 38.1 Å². The van der Waals surface area contributed by atoms with Crippen molar-refractivity contribution in [3.63, 3.8) is 0 Å². The highest BCUT2D eigenvalue weighted by atomic mass is 16.5. The Balaban J connectivity index is 1.85. The molecule has 1 atom stereocenters. The predicted molar refractivity (Wildman–Crippen MR) is 102 cm³/mol. The Morgan fingerprint density at radius 3 is 2.65 bits per heavy atom. The lowest BCUT2D eigenvalue weighted by Gasteiger charge is -2.39. The van der Waals surface area contributed by atoms with Gasteiger partial charge in [-0.25, -0.2) is 4.79 Å². The van der Waals surface area contributed by atoms with Crippen molar-refractivity contribution in [3.05, 3.63) is 35.4 Å². The first-order valence-electron chi connectivity index (χ1n) is 9.30. The summed E-state index contributed by atoms with van der Waals surface area (Å²) < 4.78 is 4.99. The number of likely N-dealkylation sites (tertiary alicyclic amines) is 1. The van der Waals surface area contributed by atoms with Crippen molar-refractivity contribution in [2.24, 2.45) is 5.41 Å². The molecule has 1 saturated heterocycles. The van der Waals surface area contributed by atoms with Gasteiger partial charge in [-0.15, -0.1) is 0 Å². The normalized spacial score (nSPS) is 19.9. The molecule has 1 aliphatic heterocycles. The summed E-state index contributed by atoms with van der Waals surface area (Å²) in [7, 11) is 1.65. The van der Waals surface area contributed by atoms with Crippen LogP contribution in [0.5, 0.6) is 0 Å². The van der Waals surface area contributed by atoms with E-state index < -0.39 is 5.41 Å². The lowest BCUT2D eigenvalue weighted by Crippen LogP contribution is -2.54. The summed E-state index contributed by atoms with van der Waals surface area (Å²) in [6, 6.07) is 8.04. The van der Waals surface area contributed by atoms with Gasteiger partial charge in [-0.05, 0) is 38.7 Å². The molecule has 0 aromatic heterocycles. The zero-order valence-corrected chi connectivity index (χ0v) is 16.1. The van der Waals surface area contributed by atoms with Crippen LogP contribution >= 0.6 is 0 Å². The minimum Gasteiger partial charge on any atom is -0.385 e. The summed E-state index contributed by atoms with van der Waals surface area (Å²) in [6.45, 7) is 6.85. The molecule has 0 saturated carbocycles. The molecule has 6 nitrogen and oxygen atoms in total. The van der Waals surface area contributed by atoms with Crippen LogP contribution in [0.1, 0.15) is 37.3 Å². The van der Waals surface area contributed by atoms with Crippen LogP contribution in [0.3, 0.4) is 0 Å². The maximum Gasteiger partial charge on any atom is 0.317 e. The number of amides is 3. The standard InChI is InChI=1S/C20H31N3O3/c1-16-6-8-17(9-7-16)14-22-18(24)20(2)10-4-12-23(15-20)19(25)21-11-5-13-26-3/h6-9H,4-5,10-15H2,1-3H3,(H,21,25)(H,22,24)/t20-/m1/s1. The fraction of sp³-hybridized carbons (Fsp3) is 0.600. The molecule has 0 radical (unpaired) electrons. The molecular weight excluding hydrogens is 330 g/mol. The van der Waals surface area contributed by atoms with Gasteiger partial charge in [-0.2, -0.15) is 0 Å². The van der Waals surface area contributed by atoms with Crippen LogP contribution in [0.4, 0.5) is 4.79 Å². The van der Waals surface area contributed by atoms with Crippen molar-refractivity contribution in [1.29, 1.82) is 0 Å². The summed E-state index contributed by atoms with van der Waals surface area (Å²) in [4.78, 5) is 26.8. The van der Waals surface area contributed by atoms with Gasteiger partial charge < -0.3 is 20.3 Å². The van der Waals surface area contributed by atoms with E-state index >= 15 is 0 Å². The summed E-state index contributed by atoms with van der Waals surface area (Å²) in [6.07, 6.45) is 2.41. The minimum atomic E-state index is -0.549. The molecule has 0 spiro atoms. The second kappa shape index (κ2) is 9.57. The zero-order valence-electron chi connectivity index (χ0n) is 16.1. The third kappa shape index (κ3) is 5.73. The van der Waals surface area contributed by atoms with Crippen LogP contribution in [0.15, 0.2) is 24.3 Å². The van der Waals surface area contributed by atoms with Crippen LogP contribution in [0.2, 0.25) is 0 Å². The van der Waals surface area contributed by atoms with Crippen LogP contribution in [0.25, 0.3) is 0 Å². The maximum absolute atomic E-state index is 12.7. The SMILES string of the molecule is COCCCNC(=O)N1CCC[C@@](C)(C(=O)NCc2ccc(C)cc2)C1. The Bertz CT molecular complexity index is 603. The van der Waals surface area contributed by atoms with Crippen molar-refractivity contribution >= 4 is 11.9 Å². The number of carbonyl (C=O) groups excluding carboxylic acids is 2. The van der Waals surface area contributed by atoms with E-state index in [1.165, 1.54) is 5.56 Å². The molecule has 26 heavy (non-hydrogen) atoms. The van der Waals surface area contributed by atoms with Crippen molar-refractivity contribution in [1.82, 2.24) is 15.5 Å². The van der Waals surface area contributed by atoms with Gasteiger partial charge in [0.15, 0.2) is 0 Å². The second-order valence-corrected chi connectivity index (χ2v) is 7.33. The summed E-state index contributed by atoms with van der Waals surface area (Å²) in [5, 5.41) is 5.94. The number of benzene rings is 1. The van der Waals surface area contributed by atoms with E-state index in [2.05, 4.69) is 10.6 Å². The molecule has 3 amide bonds. The third-order valence-corrected chi connectivity index (χ3v) is 4.91. The molecule has 144 valence electrons. The van der Waals surface area contributed by atoms with E-state index in [9.17, 15) is 9.59 Å². The number of ether oxygens (including phenoxy) is 1. The molecule has 1 heterocycles. The molecular formula is C20H31N3O3. The molecule has 2 rings (SSSR count). The van der Waals surface area contributed by atoms with E-state index in [0.717, 1.165) is 24.8 Å². The van der Waals surface area contributed by atoms with Gasteiger partial charge in [0, 0.05) is 39.9 Å². The Morgan fingerprint density at radius 2 is 1.96 bits per heavy atom. The predicted octanol–water partition coefficient (Wildman–Crippen LogP) is 2.46. The summed E-state index contributed by atoms with van der Waals surface area (Å²) >= 11 is 0. The van der Waals surface area contributed by atoms with Gasteiger partial charge in [-0.3, -0.25) is 4.79 Å². The van der Waals surface area contributed by atoms with Crippen LogP contribution in [-0.4, -0.2) is 50.2 Å². The Kier molecular flexibility index (Phi) is 7.45. The number of nitrogens with one attached hydrogen (secondary N) is 2. The first kappa shape index (κ1) is 20.2. The number of carbonyl (C=O) groups is 2. The van der Waals surface area contributed by atoms with E-state index in [-0.39, 0.29) is 11.9 Å². The van der Waals surface area contributed by atoms with Crippen molar-refractivity contribution in [3.8, 4) is 0 Å². The summed E-state index contributed by atoms with van der Waals surface area (Å²) in [5.74, 6) is 0.00922. The van der Waals surface area contributed by atoms with Crippen LogP contribution in [0, 0.1) is 12.3 Å². The number of rotatable bonds is 7. The zero-order chi connectivity index (χ0) is 19.0. The molecule has 1 aromatic rings. The van der Waals surface area contributed by atoms with Gasteiger partial charge in [0.25, 0.3) is 0 Å². The molecule has 2 N–H and O–H groups in total. The molecule has 0 unspecified atom stereocenters. The van der Waals surface area contributed by atoms with Crippen LogP contribution < -0.4 is 10.6 Å². The van der Waals surface area contributed by atoms with Crippen molar-refractivity contribution in [2.45, 2.75) is 39.7 Å². The van der Waals surface area contributed by atoms with E-state index in [1.54, 1.807) is 12.0 Å². The van der Waals surface area contributed by atoms with Gasteiger partial charge in [0.1, 0.15) is 0 Å². The lowest BCUT2D eigenvalue weighted by molar-refractivity contribution is -0.132. The maximum atomic E-state index is 12.7. The fourth-order valence-electron chi connectivity index (χ4n) is 3.22. The highest BCUT2D eigenvalue weighted by molar-refractivity contribution is 5.84. The highest BCUT2D eigenvalue weighted by Gasteiger charge is 2.39. The quantitative estimate of drug-likeness (QED) is 0.733. The Morgan fingerprint density at radius 1 is 1.23 bits per heavy atom. The Labute approximate surface area is 156 Å². The number of piperidine rings is 1.